The zero-order chi connectivity index (χ0) is 19.6. The van der Waals surface area contributed by atoms with Gasteiger partial charge in [-0.05, 0) is 19.5 Å². The Morgan fingerprint density at radius 2 is 1.56 bits per heavy atom. The van der Waals surface area contributed by atoms with Crippen molar-refractivity contribution in [3.8, 4) is 12.3 Å². The van der Waals surface area contributed by atoms with Crippen molar-refractivity contribution >= 4 is 0 Å². The highest BCUT2D eigenvalue weighted by atomic mass is 16.6. The fourth-order valence-electron chi connectivity index (χ4n) is 2.92. The third kappa shape index (κ3) is 12.3. The Kier molecular flexibility index (Phi) is 15.6. The third-order valence-electron chi connectivity index (χ3n) is 4.40. The first-order valence-electron chi connectivity index (χ1n) is 9.83. The number of rotatable bonds is 17. The lowest BCUT2D eigenvalue weighted by atomic mass is 10.1. The highest BCUT2D eigenvalue weighted by molar-refractivity contribution is 4.83. The molecule has 0 aliphatic carbocycles. The molecule has 1 rings (SSSR count). The van der Waals surface area contributed by atoms with E-state index < -0.39 is 0 Å². The van der Waals surface area contributed by atoms with Gasteiger partial charge < -0.3 is 34.7 Å². The van der Waals surface area contributed by atoms with Crippen molar-refractivity contribution in [2.75, 3.05) is 98.7 Å². The smallest absolute Gasteiger partial charge is 0.107 e. The summed E-state index contributed by atoms with van der Waals surface area (Å²) < 4.78 is 21.5. The molecule has 1 saturated heterocycles. The summed E-state index contributed by atoms with van der Waals surface area (Å²) in [5.74, 6) is 2.40. The predicted octanol–water partition coefficient (Wildman–Crippen LogP) is -0.987. The summed E-state index contributed by atoms with van der Waals surface area (Å²) in [5, 5.41) is 9.63. The lowest BCUT2D eigenvalue weighted by Crippen LogP contribution is -2.55. The molecule has 8 nitrogen and oxygen atoms in total. The first-order chi connectivity index (χ1) is 13.3. The normalized spacial score (nSPS) is 18.6. The summed E-state index contributed by atoms with van der Waals surface area (Å²) in [5.41, 5.74) is 5.57. The molecule has 0 aromatic heterocycles. The van der Waals surface area contributed by atoms with Crippen molar-refractivity contribution in [3.05, 3.63) is 0 Å². The van der Waals surface area contributed by atoms with Gasteiger partial charge in [0.2, 0.25) is 0 Å². The Morgan fingerprint density at radius 3 is 2.15 bits per heavy atom. The first kappa shape index (κ1) is 24.3. The Morgan fingerprint density at radius 1 is 0.926 bits per heavy atom. The van der Waals surface area contributed by atoms with Crippen LogP contribution >= 0.6 is 0 Å². The van der Waals surface area contributed by atoms with Gasteiger partial charge in [0.25, 0.3) is 0 Å². The van der Waals surface area contributed by atoms with Crippen LogP contribution in [0.5, 0.6) is 0 Å². The highest BCUT2D eigenvalue weighted by Crippen LogP contribution is 2.09. The van der Waals surface area contributed by atoms with Crippen LogP contribution < -0.4 is 5.73 Å². The first-order valence-corrected chi connectivity index (χ1v) is 9.83. The maximum atomic E-state index is 9.63. The Hall–Kier alpha value is -0.760. The molecular formula is C19H37N3O5. The lowest BCUT2D eigenvalue weighted by Gasteiger charge is -2.40. The van der Waals surface area contributed by atoms with Crippen LogP contribution in [0.2, 0.25) is 0 Å². The summed E-state index contributed by atoms with van der Waals surface area (Å²) in [6, 6.07) is 0.179. The van der Waals surface area contributed by atoms with Crippen molar-refractivity contribution in [2.24, 2.45) is 5.73 Å². The van der Waals surface area contributed by atoms with Crippen molar-refractivity contribution in [3.63, 3.8) is 0 Å². The van der Waals surface area contributed by atoms with Gasteiger partial charge >= 0.3 is 0 Å². The van der Waals surface area contributed by atoms with E-state index in [4.69, 9.17) is 31.1 Å². The fraction of sp³-hybridized carbons (Fsp3) is 0.895. The largest absolute Gasteiger partial charge is 0.395 e. The molecule has 8 heteroatoms. The summed E-state index contributed by atoms with van der Waals surface area (Å²) in [7, 11) is 0. The van der Waals surface area contributed by atoms with Gasteiger partial charge in [-0.1, -0.05) is 5.92 Å². The zero-order valence-corrected chi connectivity index (χ0v) is 16.5. The van der Waals surface area contributed by atoms with Gasteiger partial charge in [-0.25, -0.2) is 0 Å². The lowest BCUT2D eigenvalue weighted by molar-refractivity contribution is -0.0110. The quantitative estimate of drug-likeness (QED) is 0.243. The van der Waals surface area contributed by atoms with Gasteiger partial charge in [0.05, 0.1) is 52.9 Å². The highest BCUT2D eigenvalue weighted by Gasteiger charge is 2.25. The minimum absolute atomic E-state index is 0.177. The molecule has 1 unspecified atom stereocenters. The monoisotopic (exact) mass is 387 g/mol. The molecule has 1 aliphatic rings. The molecule has 3 N–H and O–H groups in total. The molecule has 1 heterocycles. The molecule has 0 radical (unpaired) electrons. The molecular weight excluding hydrogens is 350 g/mol. The van der Waals surface area contributed by atoms with Crippen LogP contribution in [0.3, 0.4) is 0 Å². The van der Waals surface area contributed by atoms with Crippen LogP contribution in [-0.4, -0.2) is 120 Å². The number of aliphatic hydroxyl groups excluding tert-OH is 1. The third-order valence-corrected chi connectivity index (χ3v) is 4.40. The second-order valence-electron chi connectivity index (χ2n) is 6.41. The van der Waals surface area contributed by atoms with Gasteiger partial charge in [-0.3, -0.25) is 4.90 Å². The Labute approximate surface area is 163 Å². The van der Waals surface area contributed by atoms with E-state index in [2.05, 4.69) is 15.7 Å². The van der Waals surface area contributed by atoms with Crippen LogP contribution in [0.1, 0.15) is 6.42 Å². The summed E-state index contributed by atoms with van der Waals surface area (Å²) in [4.78, 5) is 4.68. The van der Waals surface area contributed by atoms with E-state index in [0.29, 0.717) is 59.4 Å². The predicted molar refractivity (Wildman–Crippen MR) is 105 cm³/mol. The Bertz CT molecular complexity index is 381. The topological polar surface area (TPSA) is 89.7 Å². The zero-order valence-electron chi connectivity index (χ0n) is 16.5. The van der Waals surface area contributed by atoms with E-state index in [9.17, 15) is 5.11 Å². The summed E-state index contributed by atoms with van der Waals surface area (Å²) >= 11 is 0. The van der Waals surface area contributed by atoms with E-state index in [-0.39, 0.29) is 12.6 Å². The van der Waals surface area contributed by atoms with E-state index in [1.54, 1.807) is 0 Å². The number of hydrogen-bond donors (Lipinski definition) is 2. The molecule has 0 aromatic rings. The van der Waals surface area contributed by atoms with Crippen LogP contribution in [0.15, 0.2) is 0 Å². The molecule has 1 fully saturated rings. The molecule has 1 aliphatic heterocycles. The number of aliphatic hydroxyl groups is 1. The van der Waals surface area contributed by atoms with Gasteiger partial charge in [-0.15, -0.1) is 6.42 Å². The molecule has 158 valence electrons. The average molecular weight is 388 g/mol. The van der Waals surface area contributed by atoms with E-state index in [0.717, 1.165) is 39.1 Å². The van der Waals surface area contributed by atoms with E-state index >= 15 is 0 Å². The number of ether oxygens (including phenoxy) is 4. The maximum Gasteiger partial charge on any atom is 0.107 e. The van der Waals surface area contributed by atoms with Gasteiger partial charge in [-0.2, -0.15) is 0 Å². The van der Waals surface area contributed by atoms with E-state index in [1.807, 2.05) is 0 Å². The fourth-order valence-corrected chi connectivity index (χ4v) is 2.92. The summed E-state index contributed by atoms with van der Waals surface area (Å²) in [6.45, 7) is 9.78. The van der Waals surface area contributed by atoms with Crippen molar-refractivity contribution in [1.29, 1.82) is 0 Å². The van der Waals surface area contributed by atoms with Crippen LogP contribution in [0.25, 0.3) is 0 Å². The standard InChI is InChI=1S/C19H37N3O5/c1-2-9-24-11-13-26-15-16-27-14-12-25-10-8-22-7-6-21(5-3-4-20)17-19(22)18-23/h1,19,23H,3-18,20H2. The van der Waals surface area contributed by atoms with Crippen LogP contribution in [-0.2, 0) is 18.9 Å². The summed E-state index contributed by atoms with van der Waals surface area (Å²) in [6.07, 6.45) is 6.08. The SMILES string of the molecule is C#CCOCCOCCOCCOCCN1CCN(CCCN)CC1CO. The van der Waals surface area contributed by atoms with Gasteiger partial charge in [0.1, 0.15) is 6.61 Å². The maximum absolute atomic E-state index is 9.63. The second-order valence-corrected chi connectivity index (χ2v) is 6.41. The second kappa shape index (κ2) is 17.3. The number of terminal acetylenes is 1. The van der Waals surface area contributed by atoms with Crippen molar-refractivity contribution in [2.45, 2.75) is 12.5 Å². The van der Waals surface area contributed by atoms with Gasteiger partial charge in [0.15, 0.2) is 0 Å². The number of nitrogens with two attached hydrogens (primary N) is 1. The van der Waals surface area contributed by atoms with Gasteiger partial charge in [0, 0.05) is 32.2 Å². The van der Waals surface area contributed by atoms with Crippen molar-refractivity contribution in [1.82, 2.24) is 9.80 Å². The molecule has 27 heavy (non-hydrogen) atoms. The number of nitrogens with zero attached hydrogens (tertiary/aromatic N) is 2. The number of hydrogen-bond acceptors (Lipinski definition) is 8. The Balaban J connectivity index is 1.92. The molecule has 0 spiro atoms. The molecule has 0 bridgehead atoms. The molecule has 0 amide bonds. The molecule has 0 aromatic carbocycles. The minimum Gasteiger partial charge on any atom is -0.395 e. The molecule has 0 saturated carbocycles. The molecule has 1 atom stereocenters. The van der Waals surface area contributed by atoms with Crippen LogP contribution in [0, 0.1) is 12.3 Å². The average Bonchev–Trinajstić information content (AvgIpc) is 2.70. The van der Waals surface area contributed by atoms with Crippen molar-refractivity contribution < 1.29 is 24.1 Å². The number of piperazine rings is 1. The van der Waals surface area contributed by atoms with Crippen LogP contribution in [0.4, 0.5) is 0 Å². The minimum atomic E-state index is 0.177. The van der Waals surface area contributed by atoms with E-state index in [1.165, 1.54) is 0 Å².